The zero-order chi connectivity index (χ0) is 38.0. The number of hydrogen-bond acceptors (Lipinski definition) is 1. The Morgan fingerprint density at radius 2 is 0.879 bits per heavy atom. The molecule has 12 aromatic rings. The number of fused-ring (bicyclic) bond motifs is 13. The summed E-state index contributed by atoms with van der Waals surface area (Å²) in [5, 5.41) is 7.73. The lowest BCUT2D eigenvalue weighted by Crippen LogP contribution is -2.28. The van der Waals surface area contributed by atoms with Gasteiger partial charge < -0.3 is 9.13 Å². The second kappa shape index (κ2) is 11.9. The molecule has 3 heterocycles. The van der Waals surface area contributed by atoms with Crippen LogP contribution in [0.5, 0.6) is 0 Å². The molecule has 0 bridgehead atoms. The normalized spacial score (nSPS) is 13.3. The maximum atomic E-state index is 2.52. The van der Waals surface area contributed by atoms with Gasteiger partial charge in [-0.05, 0) is 88.0 Å². The third kappa shape index (κ3) is 4.16. The fraction of sp³-hybridized carbons (Fsp3) is 0.0182. The van der Waals surface area contributed by atoms with Crippen molar-refractivity contribution in [3.8, 4) is 22.5 Å². The highest BCUT2D eigenvalue weighted by molar-refractivity contribution is 7.26. The molecule has 0 atom stereocenters. The van der Waals surface area contributed by atoms with Crippen LogP contribution in [-0.2, 0) is 5.41 Å². The number of benzene rings is 9. The molecule has 0 aliphatic heterocycles. The quantitative estimate of drug-likeness (QED) is 0.169. The molecule has 3 aromatic heterocycles. The van der Waals surface area contributed by atoms with Crippen molar-refractivity contribution in [3.05, 3.63) is 229 Å². The van der Waals surface area contributed by atoms with Gasteiger partial charge in [0.05, 0.1) is 27.5 Å². The smallest absolute Gasteiger partial charge is 0.0714 e. The van der Waals surface area contributed by atoms with Gasteiger partial charge in [0.15, 0.2) is 0 Å². The fourth-order valence-electron chi connectivity index (χ4n) is 10.5. The van der Waals surface area contributed by atoms with Crippen LogP contribution in [0.25, 0.3) is 86.3 Å². The van der Waals surface area contributed by atoms with E-state index in [0.29, 0.717) is 0 Å². The first kappa shape index (κ1) is 31.9. The Hall–Kier alpha value is -7.20. The number of hydrogen-bond donors (Lipinski definition) is 0. The fourth-order valence-corrected chi connectivity index (χ4v) is 11.7. The van der Waals surface area contributed by atoms with Crippen molar-refractivity contribution in [2.45, 2.75) is 5.41 Å². The largest absolute Gasteiger partial charge is 0.309 e. The molecule has 9 aromatic carbocycles. The highest BCUT2D eigenvalue weighted by Gasteiger charge is 2.46. The van der Waals surface area contributed by atoms with Crippen molar-refractivity contribution < 1.29 is 0 Å². The van der Waals surface area contributed by atoms with Crippen LogP contribution in [0.2, 0.25) is 0 Å². The molecule has 1 aliphatic rings. The van der Waals surface area contributed by atoms with Gasteiger partial charge in [-0.3, -0.25) is 0 Å². The Balaban J connectivity index is 1.14. The molecule has 3 heteroatoms. The molecule has 0 amide bonds. The maximum Gasteiger partial charge on any atom is 0.0714 e. The second-order valence-electron chi connectivity index (χ2n) is 15.6. The number of para-hydroxylation sites is 2. The lowest BCUT2D eigenvalue weighted by atomic mass is 9.67. The average Bonchev–Trinajstić information content (AvgIpc) is 4.02. The van der Waals surface area contributed by atoms with Crippen molar-refractivity contribution in [2.75, 3.05) is 0 Å². The highest BCUT2D eigenvalue weighted by atomic mass is 32.1. The molecular weight excluding hydrogens is 721 g/mol. The standard InChI is InChI=1S/C55H34N2S/c1-3-15-35(16-4-1)55(36-17-5-2-6-18-36)46-23-11-7-19-39(46)40-29-27-38(34-47(40)55)57-50-31-28-37(56-48-24-12-8-20-41(48)42-21-9-13-25-49(42)56)33-45(50)53-51(57)32-30-44-43-22-10-14-26-52(43)58-54(44)53/h1-34H. The van der Waals surface area contributed by atoms with E-state index in [0.717, 1.165) is 5.69 Å². The summed E-state index contributed by atoms with van der Waals surface area (Å²) in [6.07, 6.45) is 0. The van der Waals surface area contributed by atoms with Gasteiger partial charge in [0.2, 0.25) is 0 Å². The Morgan fingerprint density at radius 1 is 0.345 bits per heavy atom. The molecule has 0 saturated heterocycles. The summed E-state index contributed by atoms with van der Waals surface area (Å²) in [5.74, 6) is 0. The van der Waals surface area contributed by atoms with Gasteiger partial charge in [0.25, 0.3) is 0 Å². The molecule has 0 spiro atoms. The summed E-state index contributed by atoms with van der Waals surface area (Å²) in [4.78, 5) is 0. The van der Waals surface area contributed by atoms with Crippen LogP contribution in [0.3, 0.4) is 0 Å². The molecule has 58 heavy (non-hydrogen) atoms. The lowest BCUT2D eigenvalue weighted by Gasteiger charge is -2.34. The van der Waals surface area contributed by atoms with Gasteiger partial charge in [0.1, 0.15) is 0 Å². The van der Waals surface area contributed by atoms with Crippen molar-refractivity contribution >= 4 is 75.1 Å². The van der Waals surface area contributed by atoms with Crippen molar-refractivity contribution in [3.63, 3.8) is 0 Å². The van der Waals surface area contributed by atoms with Gasteiger partial charge in [-0.1, -0.05) is 152 Å². The average molecular weight is 755 g/mol. The molecule has 2 nitrogen and oxygen atoms in total. The molecule has 270 valence electrons. The molecule has 0 fully saturated rings. The van der Waals surface area contributed by atoms with Crippen LogP contribution < -0.4 is 0 Å². The van der Waals surface area contributed by atoms with E-state index >= 15 is 0 Å². The molecule has 0 radical (unpaired) electrons. The van der Waals surface area contributed by atoms with Gasteiger partial charge in [-0.15, -0.1) is 11.3 Å². The Morgan fingerprint density at radius 3 is 1.62 bits per heavy atom. The van der Waals surface area contributed by atoms with E-state index in [1.165, 1.54) is 103 Å². The lowest BCUT2D eigenvalue weighted by molar-refractivity contribution is 0.767. The Labute approximate surface area is 339 Å². The Kier molecular flexibility index (Phi) is 6.56. The number of aromatic nitrogens is 2. The van der Waals surface area contributed by atoms with Crippen molar-refractivity contribution in [2.24, 2.45) is 0 Å². The molecule has 13 rings (SSSR count). The van der Waals surface area contributed by atoms with E-state index in [1.807, 2.05) is 11.3 Å². The number of thiophene rings is 1. The van der Waals surface area contributed by atoms with Crippen LogP contribution in [0, 0.1) is 0 Å². The molecule has 0 unspecified atom stereocenters. The van der Waals surface area contributed by atoms with Crippen LogP contribution in [0.15, 0.2) is 206 Å². The topological polar surface area (TPSA) is 9.86 Å². The summed E-state index contributed by atoms with van der Waals surface area (Å²) in [5.41, 5.74) is 14.5. The SMILES string of the molecule is c1ccc(C2(c3ccccc3)c3ccccc3-c3ccc(-n4c5ccc(-n6c7ccccc7c7ccccc76)cc5c5c6sc7ccccc7c6ccc54)cc32)cc1. The predicted octanol–water partition coefficient (Wildman–Crippen LogP) is 14.6. The summed E-state index contributed by atoms with van der Waals surface area (Å²) >= 11 is 1.91. The third-order valence-corrected chi connectivity index (χ3v) is 14.0. The number of nitrogens with zero attached hydrogens (tertiary/aromatic N) is 2. The zero-order valence-electron chi connectivity index (χ0n) is 31.4. The summed E-state index contributed by atoms with van der Waals surface area (Å²) in [7, 11) is 0. The Bertz CT molecular complexity index is 3530. The van der Waals surface area contributed by atoms with E-state index in [1.54, 1.807) is 0 Å². The van der Waals surface area contributed by atoms with E-state index in [4.69, 9.17) is 0 Å². The van der Waals surface area contributed by atoms with Crippen LogP contribution >= 0.6 is 11.3 Å². The van der Waals surface area contributed by atoms with Crippen LogP contribution in [0.4, 0.5) is 0 Å². The molecular formula is C55H34N2S. The first-order chi connectivity index (χ1) is 28.8. The van der Waals surface area contributed by atoms with Gasteiger partial charge >= 0.3 is 0 Å². The molecule has 1 aliphatic carbocycles. The monoisotopic (exact) mass is 754 g/mol. The van der Waals surface area contributed by atoms with Gasteiger partial charge in [0, 0.05) is 53.1 Å². The molecule has 0 N–H and O–H groups in total. The van der Waals surface area contributed by atoms with E-state index in [9.17, 15) is 0 Å². The van der Waals surface area contributed by atoms with Gasteiger partial charge in [-0.25, -0.2) is 0 Å². The van der Waals surface area contributed by atoms with Crippen molar-refractivity contribution in [1.82, 2.24) is 9.13 Å². The first-order valence-corrected chi connectivity index (χ1v) is 20.8. The summed E-state index contributed by atoms with van der Waals surface area (Å²) in [6, 6.07) is 76.7. The minimum atomic E-state index is -0.480. The summed E-state index contributed by atoms with van der Waals surface area (Å²) < 4.78 is 7.61. The first-order valence-electron chi connectivity index (χ1n) is 20.0. The van der Waals surface area contributed by atoms with E-state index in [-0.39, 0.29) is 0 Å². The minimum absolute atomic E-state index is 0.480. The minimum Gasteiger partial charge on any atom is -0.309 e. The second-order valence-corrected chi connectivity index (χ2v) is 16.7. The maximum absolute atomic E-state index is 2.52. The van der Waals surface area contributed by atoms with E-state index in [2.05, 4.69) is 215 Å². The number of rotatable bonds is 4. The van der Waals surface area contributed by atoms with Crippen LogP contribution in [0.1, 0.15) is 22.3 Å². The third-order valence-electron chi connectivity index (χ3n) is 12.8. The van der Waals surface area contributed by atoms with Crippen LogP contribution in [-0.4, -0.2) is 9.13 Å². The zero-order valence-corrected chi connectivity index (χ0v) is 32.2. The molecule has 0 saturated carbocycles. The van der Waals surface area contributed by atoms with Crippen molar-refractivity contribution in [1.29, 1.82) is 0 Å². The predicted molar refractivity (Wildman–Crippen MR) is 245 cm³/mol. The van der Waals surface area contributed by atoms with Gasteiger partial charge in [-0.2, -0.15) is 0 Å². The summed E-state index contributed by atoms with van der Waals surface area (Å²) in [6.45, 7) is 0. The highest BCUT2D eigenvalue weighted by Crippen LogP contribution is 2.57. The van der Waals surface area contributed by atoms with E-state index < -0.39 is 5.41 Å².